The number of likely N-dealkylation sites (N-methyl/N-ethyl adjacent to an activating group) is 1. The number of piperidine rings is 1. The van der Waals surface area contributed by atoms with Gasteiger partial charge in [0.25, 0.3) is 5.91 Å². The molecule has 1 aromatic heterocycles. The van der Waals surface area contributed by atoms with Crippen molar-refractivity contribution in [1.82, 2.24) is 19.7 Å². The van der Waals surface area contributed by atoms with Gasteiger partial charge >= 0.3 is 12.0 Å². The zero-order valence-corrected chi connectivity index (χ0v) is 19.8. The fourth-order valence-corrected chi connectivity index (χ4v) is 5.51. The SMILES string of the molecule is CC#CCN1C(=[N+]2CCC[C@@H](N)C2)N=C2C1C(=O)N(Cc1nc3cc(F)ccc3s1)C(=O)N2C. The lowest BCUT2D eigenvalue weighted by Gasteiger charge is -2.34. The van der Waals surface area contributed by atoms with Crippen molar-refractivity contribution in [2.45, 2.75) is 38.4 Å². The monoisotopic (exact) mass is 482 g/mol. The van der Waals surface area contributed by atoms with Crippen LogP contribution in [0.1, 0.15) is 24.8 Å². The molecule has 5 rings (SSSR count). The Labute approximate surface area is 200 Å². The second-order valence-electron chi connectivity index (χ2n) is 8.56. The lowest BCUT2D eigenvalue weighted by molar-refractivity contribution is -0.544. The molecule has 34 heavy (non-hydrogen) atoms. The summed E-state index contributed by atoms with van der Waals surface area (Å²) in [5.41, 5.74) is 6.70. The van der Waals surface area contributed by atoms with E-state index in [9.17, 15) is 14.0 Å². The lowest BCUT2D eigenvalue weighted by atomic mass is 10.1. The molecule has 1 unspecified atom stereocenters. The number of imide groups is 1. The highest BCUT2D eigenvalue weighted by Crippen LogP contribution is 2.28. The van der Waals surface area contributed by atoms with Crippen molar-refractivity contribution in [1.29, 1.82) is 0 Å². The number of carbonyl (C=O) groups excluding carboxylic acids is 2. The number of amides is 3. The first-order chi connectivity index (χ1) is 16.4. The molecule has 9 nitrogen and oxygen atoms in total. The first-order valence-electron chi connectivity index (χ1n) is 11.1. The van der Waals surface area contributed by atoms with Gasteiger partial charge in [-0.2, -0.15) is 0 Å². The molecule has 3 aliphatic heterocycles. The fourth-order valence-electron chi connectivity index (χ4n) is 4.57. The first kappa shape index (κ1) is 22.4. The minimum atomic E-state index is -0.761. The maximum atomic E-state index is 13.7. The molecule has 2 aromatic rings. The van der Waals surface area contributed by atoms with Crippen LogP contribution < -0.4 is 5.73 Å². The van der Waals surface area contributed by atoms with Gasteiger partial charge in [0, 0.05) is 19.2 Å². The van der Waals surface area contributed by atoms with E-state index in [1.807, 2.05) is 4.90 Å². The van der Waals surface area contributed by atoms with Crippen LogP contribution in [-0.2, 0) is 11.3 Å². The minimum absolute atomic E-state index is 0.00394. The van der Waals surface area contributed by atoms with Crippen molar-refractivity contribution in [3.05, 3.63) is 29.0 Å². The molecule has 1 aromatic carbocycles. The van der Waals surface area contributed by atoms with E-state index in [4.69, 9.17) is 10.7 Å². The second kappa shape index (κ2) is 8.77. The van der Waals surface area contributed by atoms with Crippen molar-refractivity contribution in [3.8, 4) is 11.8 Å². The van der Waals surface area contributed by atoms with Crippen LogP contribution in [0.4, 0.5) is 9.18 Å². The van der Waals surface area contributed by atoms with Gasteiger partial charge < -0.3 is 5.73 Å². The number of hydrogen-bond acceptors (Lipinski definition) is 5. The lowest BCUT2D eigenvalue weighted by Crippen LogP contribution is -2.63. The van der Waals surface area contributed by atoms with E-state index >= 15 is 0 Å². The summed E-state index contributed by atoms with van der Waals surface area (Å²) in [6, 6.07) is 3.16. The van der Waals surface area contributed by atoms with Gasteiger partial charge in [0.05, 0.1) is 29.9 Å². The highest BCUT2D eigenvalue weighted by Gasteiger charge is 2.56. The number of aromatic nitrogens is 1. The van der Waals surface area contributed by atoms with E-state index in [1.165, 1.54) is 33.3 Å². The third-order valence-corrected chi connectivity index (χ3v) is 7.26. The molecule has 0 radical (unpaired) electrons. The largest absolute Gasteiger partial charge is 0.393 e. The Bertz CT molecular complexity index is 1310. The van der Waals surface area contributed by atoms with Crippen LogP contribution in [0.15, 0.2) is 23.2 Å². The van der Waals surface area contributed by atoms with Gasteiger partial charge in [-0.3, -0.25) is 19.2 Å². The number of halogens is 1. The molecule has 2 N–H and O–H groups in total. The van der Waals surface area contributed by atoms with Crippen molar-refractivity contribution < 1.29 is 18.6 Å². The normalized spacial score (nSPS) is 24.9. The summed E-state index contributed by atoms with van der Waals surface area (Å²) in [6.07, 6.45) is 1.87. The molecule has 3 aliphatic rings. The van der Waals surface area contributed by atoms with E-state index in [0.717, 1.165) is 24.1 Å². The zero-order valence-electron chi connectivity index (χ0n) is 19.0. The number of aliphatic imine (C=N–C) groups is 1. The Kier molecular flexibility index (Phi) is 5.79. The summed E-state index contributed by atoms with van der Waals surface area (Å²) in [7, 11) is 1.62. The molecule has 176 valence electrons. The zero-order chi connectivity index (χ0) is 24.0. The summed E-state index contributed by atoms with van der Waals surface area (Å²) < 4.78 is 16.5. The van der Waals surface area contributed by atoms with Gasteiger partial charge in [-0.25, -0.2) is 19.1 Å². The number of nitrogens with two attached hydrogens (primary N) is 1. The number of thiazole rings is 1. The summed E-state index contributed by atoms with van der Waals surface area (Å²) in [4.78, 5) is 40.5. The molecule has 0 spiro atoms. The van der Waals surface area contributed by atoms with Gasteiger partial charge in [-0.15, -0.1) is 17.3 Å². The molecule has 0 bridgehead atoms. The standard InChI is InChI=1S/C23H25FN7O2S/c1-3-4-10-30-19-20(27-22(30)29-9-5-6-15(25)12-29)28(2)23(33)31(21(19)32)13-18-26-16-11-14(24)7-8-17(16)34-18/h7-8,11,15,19H,5-6,9-10,12-13,25H2,1-2H3/q+1/t15-,19?/m1/s1. The Morgan fingerprint density at radius 3 is 2.94 bits per heavy atom. The number of nitrogens with zero attached hydrogens (tertiary/aromatic N) is 6. The van der Waals surface area contributed by atoms with Gasteiger partial charge in [-0.05, 0) is 31.9 Å². The summed E-state index contributed by atoms with van der Waals surface area (Å²) in [6.45, 7) is 3.46. The molecular formula is C23H25FN7O2S+. The quantitative estimate of drug-likeness (QED) is 0.527. The van der Waals surface area contributed by atoms with Crippen LogP contribution in [0.2, 0.25) is 0 Å². The maximum absolute atomic E-state index is 13.7. The van der Waals surface area contributed by atoms with Gasteiger partial charge in [-0.1, -0.05) is 10.9 Å². The third-order valence-electron chi connectivity index (χ3n) is 6.24. The minimum Gasteiger partial charge on any atom is -0.325 e. The Morgan fingerprint density at radius 1 is 1.35 bits per heavy atom. The van der Waals surface area contributed by atoms with Crippen molar-refractivity contribution in [3.63, 3.8) is 0 Å². The molecule has 11 heteroatoms. The highest BCUT2D eigenvalue weighted by molar-refractivity contribution is 7.18. The number of guanidine groups is 1. The average molecular weight is 483 g/mol. The molecule has 0 saturated carbocycles. The molecular weight excluding hydrogens is 457 g/mol. The van der Waals surface area contributed by atoms with Crippen LogP contribution in [0.5, 0.6) is 0 Å². The predicted octanol–water partition coefficient (Wildman–Crippen LogP) is 1.43. The van der Waals surface area contributed by atoms with Crippen LogP contribution in [0, 0.1) is 17.7 Å². The van der Waals surface area contributed by atoms with E-state index < -0.39 is 12.1 Å². The number of urea groups is 1. The number of carbonyl (C=O) groups is 2. The van der Waals surface area contributed by atoms with E-state index in [0.29, 0.717) is 35.4 Å². The Hall–Kier alpha value is -3.36. The first-order valence-corrected chi connectivity index (χ1v) is 12.0. The van der Waals surface area contributed by atoms with Crippen LogP contribution >= 0.6 is 11.3 Å². The second-order valence-corrected chi connectivity index (χ2v) is 9.68. The van der Waals surface area contributed by atoms with E-state index in [1.54, 1.807) is 20.0 Å². The van der Waals surface area contributed by atoms with Gasteiger partial charge in [0.15, 0.2) is 0 Å². The molecule has 3 amide bonds. The third kappa shape index (κ3) is 3.82. The summed E-state index contributed by atoms with van der Waals surface area (Å²) in [5, 5.41) is 0.556. The van der Waals surface area contributed by atoms with Crippen molar-refractivity contribution >= 4 is 45.3 Å². The van der Waals surface area contributed by atoms with Crippen LogP contribution in [-0.4, -0.2) is 86.8 Å². The van der Waals surface area contributed by atoms with Crippen LogP contribution in [0.3, 0.4) is 0 Å². The topological polar surface area (TPSA) is 98.1 Å². The average Bonchev–Trinajstić information content (AvgIpc) is 3.40. The highest BCUT2D eigenvalue weighted by atomic mass is 32.1. The summed E-state index contributed by atoms with van der Waals surface area (Å²) >= 11 is 1.33. The predicted molar refractivity (Wildman–Crippen MR) is 127 cm³/mol. The number of benzene rings is 1. The maximum Gasteiger partial charge on any atom is 0.393 e. The molecule has 2 saturated heterocycles. The molecule has 2 fully saturated rings. The van der Waals surface area contributed by atoms with Crippen molar-refractivity contribution in [2.75, 3.05) is 26.7 Å². The van der Waals surface area contributed by atoms with E-state index in [-0.39, 0.29) is 24.3 Å². The Morgan fingerprint density at radius 2 is 2.18 bits per heavy atom. The Balaban J connectivity index is 1.50. The smallest absolute Gasteiger partial charge is 0.325 e. The number of hydrogen-bond donors (Lipinski definition) is 1. The van der Waals surface area contributed by atoms with E-state index in [2.05, 4.69) is 21.4 Å². The molecule has 0 aliphatic carbocycles. The molecule has 4 heterocycles. The number of rotatable bonds is 3. The van der Waals surface area contributed by atoms with Gasteiger partial charge in [0.2, 0.25) is 11.9 Å². The molecule has 2 atom stereocenters. The number of amidine groups is 1. The van der Waals surface area contributed by atoms with Crippen LogP contribution in [0.25, 0.3) is 10.2 Å². The fraction of sp³-hybridized carbons (Fsp3) is 0.435. The number of fused-ring (bicyclic) bond motifs is 2. The summed E-state index contributed by atoms with van der Waals surface area (Å²) in [5.74, 6) is 6.19. The van der Waals surface area contributed by atoms with Gasteiger partial charge in [0.1, 0.15) is 17.4 Å². The van der Waals surface area contributed by atoms with Crippen molar-refractivity contribution in [2.24, 2.45) is 10.7 Å².